The number of aromatic nitrogens is 3. The number of oxazole rings is 1. The fraction of sp³-hybridized carbons (Fsp3) is 0.364. The summed E-state index contributed by atoms with van der Waals surface area (Å²) in [6.45, 7) is 4.31. The third-order valence-electron chi connectivity index (χ3n) is 2.33. The molecule has 2 heterocycles. The van der Waals surface area contributed by atoms with Gasteiger partial charge in [-0.05, 0) is 6.92 Å². The van der Waals surface area contributed by atoms with Crippen molar-refractivity contribution in [1.29, 1.82) is 0 Å². The molecule has 0 aliphatic heterocycles. The second-order valence-electron chi connectivity index (χ2n) is 3.77. The van der Waals surface area contributed by atoms with E-state index >= 15 is 0 Å². The Kier molecular flexibility index (Phi) is 3.73. The number of anilines is 2. The largest absolute Gasteiger partial charge is 0.444 e. The number of nitrogens with one attached hydrogen (secondary N) is 2. The summed E-state index contributed by atoms with van der Waals surface area (Å²) in [6, 6.07) is 1.73. The van der Waals surface area contributed by atoms with E-state index in [0.29, 0.717) is 24.1 Å². The van der Waals surface area contributed by atoms with Crippen LogP contribution < -0.4 is 16.6 Å². The highest BCUT2D eigenvalue weighted by Crippen LogP contribution is 2.12. The van der Waals surface area contributed by atoms with Crippen molar-refractivity contribution in [3.05, 3.63) is 29.7 Å². The molecule has 0 unspecified atom stereocenters. The molecule has 0 aliphatic carbocycles. The van der Waals surface area contributed by atoms with Gasteiger partial charge in [0.1, 0.15) is 23.2 Å². The van der Waals surface area contributed by atoms with Crippen LogP contribution in [0, 0.1) is 6.92 Å². The fourth-order valence-electron chi connectivity index (χ4n) is 1.47. The van der Waals surface area contributed by atoms with Gasteiger partial charge >= 0.3 is 0 Å². The topological polar surface area (TPSA) is 102 Å². The van der Waals surface area contributed by atoms with E-state index in [1.165, 1.54) is 0 Å². The van der Waals surface area contributed by atoms with Crippen LogP contribution >= 0.6 is 0 Å². The van der Waals surface area contributed by atoms with Crippen LogP contribution in [0.3, 0.4) is 0 Å². The molecule has 18 heavy (non-hydrogen) atoms. The third kappa shape index (κ3) is 2.95. The van der Waals surface area contributed by atoms with Crippen molar-refractivity contribution in [3.63, 3.8) is 0 Å². The molecule has 0 atom stereocenters. The van der Waals surface area contributed by atoms with Gasteiger partial charge in [-0.2, -0.15) is 0 Å². The van der Waals surface area contributed by atoms with E-state index in [0.717, 1.165) is 18.0 Å². The highest BCUT2D eigenvalue weighted by Gasteiger charge is 2.04. The lowest BCUT2D eigenvalue weighted by Crippen LogP contribution is -2.12. The fourth-order valence-corrected chi connectivity index (χ4v) is 1.47. The summed E-state index contributed by atoms with van der Waals surface area (Å²) in [6.07, 6.45) is 2.42. The molecule has 2 aromatic heterocycles. The third-order valence-corrected chi connectivity index (χ3v) is 2.33. The molecule has 0 saturated carbocycles. The molecule has 7 heteroatoms. The molecule has 0 aromatic carbocycles. The number of hydrogen-bond donors (Lipinski definition) is 3. The van der Waals surface area contributed by atoms with Crippen molar-refractivity contribution in [2.45, 2.75) is 26.8 Å². The van der Waals surface area contributed by atoms with Crippen LogP contribution in [0.25, 0.3) is 0 Å². The Hall–Kier alpha value is -2.15. The van der Waals surface area contributed by atoms with E-state index in [1.54, 1.807) is 12.3 Å². The number of rotatable bonds is 5. The second kappa shape index (κ2) is 5.46. The number of nitrogen functional groups attached to an aromatic ring is 1. The van der Waals surface area contributed by atoms with Crippen molar-refractivity contribution >= 4 is 11.6 Å². The molecule has 96 valence electrons. The lowest BCUT2D eigenvalue weighted by atomic mass is 10.4. The summed E-state index contributed by atoms with van der Waals surface area (Å²) in [4.78, 5) is 12.6. The van der Waals surface area contributed by atoms with Crippen molar-refractivity contribution < 1.29 is 4.42 Å². The van der Waals surface area contributed by atoms with Gasteiger partial charge in [0.15, 0.2) is 0 Å². The normalized spacial score (nSPS) is 10.4. The Morgan fingerprint density at radius 3 is 2.72 bits per heavy atom. The smallest absolute Gasteiger partial charge is 0.213 e. The minimum absolute atomic E-state index is 0.470. The highest BCUT2D eigenvalue weighted by molar-refractivity contribution is 5.46. The molecule has 0 spiro atoms. The number of hydrazine groups is 1. The van der Waals surface area contributed by atoms with Crippen LogP contribution in [0.4, 0.5) is 11.6 Å². The SMILES string of the molecule is CCc1nc(NN)cc(NCc2ncc(C)o2)n1. The van der Waals surface area contributed by atoms with E-state index in [1.807, 2.05) is 13.8 Å². The van der Waals surface area contributed by atoms with Crippen LogP contribution in [-0.4, -0.2) is 15.0 Å². The molecule has 0 amide bonds. The van der Waals surface area contributed by atoms with E-state index in [2.05, 4.69) is 25.7 Å². The Bertz CT molecular complexity index is 502. The first-order chi connectivity index (χ1) is 8.71. The van der Waals surface area contributed by atoms with Gasteiger partial charge in [-0.15, -0.1) is 0 Å². The summed E-state index contributed by atoms with van der Waals surface area (Å²) in [5.41, 5.74) is 2.51. The van der Waals surface area contributed by atoms with Crippen LogP contribution in [0.5, 0.6) is 0 Å². The Morgan fingerprint density at radius 2 is 2.11 bits per heavy atom. The monoisotopic (exact) mass is 248 g/mol. The first-order valence-corrected chi connectivity index (χ1v) is 5.71. The molecule has 0 saturated heterocycles. The maximum atomic E-state index is 5.36. The first-order valence-electron chi connectivity index (χ1n) is 5.71. The van der Waals surface area contributed by atoms with Gasteiger partial charge in [0.25, 0.3) is 0 Å². The van der Waals surface area contributed by atoms with Crippen LogP contribution in [0.15, 0.2) is 16.7 Å². The zero-order chi connectivity index (χ0) is 13.0. The van der Waals surface area contributed by atoms with E-state index in [4.69, 9.17) is 10.3 Å². The molecule has 0 fully saturated rings. The average molecular weight is 248 g/mol. The standard InChI is InChI=1S/C11H16N6O/c1-3-8-15-9(4-10(16-8)17-12)13-6-11-14-5-7(2)18-11/h4-5H,3,6,12H2,1-2H3,(H2,13,15,16,17). The summed E-state index contributed by atoms with van der Waals surface area (Å²) in [7, 11) is 0. The van der Waals surface area contributed by atoms with Gasteiger partial charge in [-0.3, -0.25) is 0 Å². The predicted molar refractivity (Wildman–Crippen MR) is 67.8 cm³/mol. The van der Waals surface area contributed by atoms with Crippen LogP contribution in [-0.2, 0) is 13.0 Å². The van der Waals surface area contributed by atoms with E-state index in [-0.39, 0.29) is 0 Å². The van der Waals surface area contributed by atoms with Gasteiger partial charge in [0.05, 0.1) is 12.7 Å². The molecule has 2 rings (SSSR count). The highest BCUT2D eigenvalue weighted by atomic mass is 16.4. The summed E-state index contributed by atoms with van der Waals surface area (Å²) in [5.74, 6) is 8.74. The molecule has 0 aliphatic rings. The zero-order valence-corrected chi connectivity index (χ0v) is 10.4. The average Bonchev–Trinajstić information content (AvgIpc) is 2.81. The van der Waals surface area contributed by atoms with E-state index in [9.17, 15) is 0 Å². The molecule has 0 bridgehead atoms. The molecule has 2 aromatic rings. The van der Waals surface area contributed by atoms with Crippen LogP contribution in [0.2, 0.25) is 0 Å². The quantitative estimate of drug-likeness (QED) is 0.540. The Labute approximate surface area is 105 Å². The minimum atomic E-state index is 0.470. The van der Waals surface area contributed by atoms with Gasteiger partial charge in [-0.25, -0.2) is 20.8 Å². The van der Waals surface area contributed by atoms with Crippen LogP contribution in [0.1, 0.15) is 24.4 Å². The number of nitrogens with two attached hydrogens (primary N) is 1. The van der Waals surface area contributed by atoms with Crippen molar-refractivity contribution in [2.75, 3.05) is 10.7 Å². The van der Waals surface area contributed by atoms with Gasteiger partial charge in [-0.1, -0.05) is 6.92 Å². The number of aryl methyl sites for hydroxylation is 2. The van der Waals surface area contributed by atoms with Gasteiger partial charge in [0.2, 0.25) is 5.89 Å². The van der Waals surface area contributed by atoms with Crippen molar-refractivity contribution in [2.24, 2.45) is 5.84 Å². The maximum absolute atomic E-state index is 5.36. The summed E-state index contributed by atoms with van der Waals surface area (Å²) in [5, 5.41) is 3.12. The molecular formula is C11H16N6O. The van der Waals surface area contributed by atoms with Gasteiger partial charge < -0.3 is 15.2 Å². The molecule has 4 N–H and O–H groups in total. The van der Waals surface area contributed by atoms with Crippen molar-refractivity contribution in [3.8, 4) is 0 Å². The lowest BCUT2D eigenvalue weighted by Gasteiger charge is -2.07. The Balaban J connectivity index is 2.08. The zero-order valence-electron chi connectivity index (χ0n) is 10.4. The Morgan fingerprint density at radius 1 is 1.33 bits per heavy atom. The molecular weight excluding hydrogens is 232 g/mol. The molecule has 7 nitrogen and oxygen atoms in total. The maximum Gasteiger partial charge on any atom is 0.213 e. The second-order valence-corrected chi connectivity index (χ2v) is 3.77. The summed E-state index contributed by atoms with van der Waals surface area (Å²) >= 11 is 0. The summed E-state index contributed by atoms with van der Waals surface area (Å²) < 4.78 is 5.36. The van der Waals surface area contributed by atoms with E-state index < -0.39 is 0 Å². The number of nitrogens with zero attached hydrogens (tertiary/aromatic N) is 3. The first kappa shape index (κ1) is 12.3. The lowest BCUT2D eigenvalue weighted by molar-refractivity contribution is 0.478. The molecule has 0 radical (unpaired) electrons. The van der Waals surface area contributed by atoms with Gasteiger partial charge in [0, 0.05) is 12.5 Å². The number of hydrogen-bond acceptors (Lipinski definition) is 7. The van der Waals surface area contributed by atoms with Crippen molar-refractivity contribution in [1.82, 2.24) is 15.0 Å². The minimum Gasteiger partial charge on any atom is -0.444 e. The predicted octanol–water partition coefficient (Wildman–Crippen LogP) is 1.23.